The molecule has 0 saturated heterocycles. The molecule has 0 bridgehead atoms. The molecule has 0 aliphatic heterocycles. The van der Waals surface area contributed by atoms with Gasteiger partial charge in [-0.1, -0.05) is 0 Å². The molecule has 0 aliphatic carbocycles. The third-order valence-corrected chi connectivity index (χ3v) is 6.43. The van der Waals surface area contributed by atoms with Crippen molar-refractivity contribution in [2.75, 3.05) is 0 Å². The van der Waals surface area contributed by atoms with E-state index in [-0.39, 0.29) is 0 Å². The molecule has 0 aromatic carbocycles. The number of hydrogen-bond donors (Lipinski definition) is 0. The van der Waals surface area contributed by atoms with Crippen molar-refractivity contribution in [1.29, 1.82) is 0 Å². The average molecular weight is 426 g/mol. The fraction of sp³-hybridized carbons (Fsp3) is 1.00. The predicted octanol–water partition coefficient (Wildman–Crippen LogP) is 4.45. The van der Waals surface area contributed by atoms with E-state index in [2.05, 4.69) is 9.94 Å². The normalized spacial score (nSPS) is 10.7. The van der Waals surface area contributed by atoms with E-state index in [1.54, 1.807) is 8.94 Å². The zero-order valence-corrected chi connectivity index (χ0v) is 14.5. The molecule has 0 N–H and O–H groups in total. The summed E-state index contributed by atoms with van der Waals surface area (Å²) in [6, 6.07) is 0. The van der Waals surface area contributed by atoms with Crippen molar-refractivity contribution < 1.29 is 0 Å². The minimum absolute atomic E-state index is 0.429. The van der Waals surface area contributed by atoms with Gasteiger partial charge in [-0.3, -0.25) is 0 Å². The van der Waals surface area contributed by atoms with Crippen LogP contribution < -0.4 is 0 Å². The average Bonchev–Trinajstić information content (AvgIpc) is 2.21. The Balaban J connectivity index is 2.78. The maximum atomic E-state index is 2.42. The van der Waals surface area contributed by atoms with Gasteiger partial charge >= 0.3 is 112 Å². The van der Waals surface area contributed by atoms with E-state index in [9.17, 15) is 0 Å². The van der Waals surface area contributed by atoms with E-state index in [4.69, 9.17) is 0 Å². The minimum atomic E-state index is 0.429. The van der Waals surface area contributed by atoms with Gasteiger partial charge in [0.1, 0.15) is 0 Å². The second-order valence-electron chi connectivity index (χ2n) is 3.81. The van der Waals surface area contributed by atoms with Crippen molar-refractivity contribution in [2.24, 2.45) is 0 Å². The van der Waals surface area contributed by atoms with Crippen LogP contribution in [0.25, 0.3) is 0 Å². The SMILES string of the molecule is C[Te]CCCCCCCCCC[Te]C. The zero-order chi connectivity index (χ0) is 10.5. The summed E-state index contributed by atoms with van der Waals surface area (Å²) < 4.78 is 3.15. The first kappa shape index (κ1) is 15.6. The van der Waals surface area contributed by atoms with Crippen molar-refractivity contribution in [1.82, 2.24) is 0 Å². The summed E-state index contributed by atoms with van der Waals surface area (Å²) in [6.07, 6.45) is 12.1. The summed E-state index contributed by atoms with van der Waals surface area (Å²) in [5.41, 5.74) is 0. The van der Waals surface area contributed by atoms with Crippen LogP contribution in [-0.4, -0.2) is 41.8 Å². The van der Waals surface area contributed by atoms with Gasteiger partial charge < -0.3 is 0 Å². The van der Waals surface area contributed by atoms with Crippen molar-refractivity contribution in [2.45, 2.75) is 70.2 Å². The molecule has 0 radical (unpaired) electrons. The summed E-state index contributed by atoms with van der Waals surface area (Å²) in [7, 11) is 0. The predicted molar refractivity (Wildman–Crippen MR) is 69.8 cm³/mol. The first-order valence-corrected chi connectivity index (χ1v) is 13.9. The van der Waals surface area contributed by atoms with Crippen molar-refractivity contribution >= 4 is 41.8 Å². The summed E-state index contributed by atoms with van der Waals surface area (Å²) in [4.78, 5) is 4.84. The number of unbranched alkanes of at least 4 members (excludes halogenated alkanes) is 7. The first-order valence-electron chi connectivity index (χ1n) is 5.89. The molecule has 0 atom stereocenters. The van der Waals surface area contributed by atoms with E-state index in [0.29, 0.717) is 41.8 Å². The molecule has 0 aromatic heterocycles. The van der Waals surface area contributed by atoms with E-state index in [1.165, 1.54) is 51.4 Å². The molecule has 0 aromatic rings. The number of hydrogen-bond acceptors (Lipinski definition) is 0. The van der Waals surface area contributed by atoms with E-state index >= 15 is 0 Å². The Morgan fingerprint density at radius 2 is 0.786 bits per heavy atom. The zero-order valence-electron chi connectivity index (χ0n) is 9.89. The molecule has 0 fully saturated rings. The summed E-state index contributed by atoms with van der Waals surface area (Å²) in [5, 5.41) is 0. The summed E-state index contributed by atoms with van der Waals surface area (Å²) >= 11 is 0.858. The monoisotopic (exact) mass is 430 g/mol. The molecule has 0 nitrogen and oxygen atoms in total. The van der Waals surface area contributed by atoms with Crippen LogP contribution >= 0.6 is 0 Å². The van der Waals surface area contributed by atoms with Crippen LogP contribution in [0.4, 0.5) is 0 Å². The van der Waals surface area contributed by atoms with Gasteiger partial charge in [-0.05, 0) is 0 Å². The topological polar surface area (TPSA) is 0 Å². The molecular formula is C12H26Te2. The molecule has 0 heterocycles. The molecule has 0 amide bonds. The van der Waals surface area contributed by atoms with Crippen molar-refractivity contribution in [3.8, 4) is 0 Å². The fourth-order valence-electron chi connectivity index (χ4n) is 1.55. The van der Waals surface area contributed by atoms with Crippen molar-refractivity contribution in [3.05, 3.63) is 0 Å². The first-order chi connectivity index (χ1) is 6.91. The van der Waals surface area contributed by atoms with Crippen LogP contribution in [0, 0.1) is 0 Å². The van der Waals surface area contributed by atoms with Crippen LogP contribution in [-0.2, 0) is 0 Å². The molecule has 86 valence electrons. The van der Waals surface area contributed by atoms with Crippen LogP contribution in [0.2, 0.25) is 18.9 Å². The quantitative estimate of drug-likeness (QED) is 0.339. The Hall–Kier alpha value is 1.58. The Labute approximate surface area is 111 Å². The third kappa shape index (κ3) is 13.6. The number of rotatable bonds is 11. The summed E-state index contributed by atoms with van der Waals surface area (Å²) in [5.74, 6) is 0. The van der Waals surface area contributed by atoms with Gasteiger partial charge in [0, 0.05) is 0 Å². The van der Waals surface area contributed by atoms with Gasteiger partial charge in [-0.15, -0.1) is 0 Å². The Kier molecular flexibility index (Phi) is 16.2. The maximum absolute atomic E-state index is 2.42. The molecule has 0 saturated carbocycles. The Bertz CT molecular complexity index is 82.3. The van der Waals surface area contributed by atoms with Crippen LogP contribution in [0.3, 0.4) is 0 Å². The second kappa shape index (κ2) is 14.6. The van der Waals surface area contributed by atoms with Crippen LogP contribution in [0.15, 0.2) is 0 Å². The molecule has 0 spiro atoms. The molecule has 0 aliphatic rings. The third-order valence-electron chi connectivity index (χ3n) is 2.45. The Morgan fingerprint density at radius 3 is 1.07 bits per heavy atom. The molecule has 0 rings (SSSR count). The second-order valence-corrected chi connectivity index (χ2v) is 9.44. The van der Waals surface area contributed by atoms with Gasteiger partial charge in [0.25, 0.3) is 0 Å². The van der Waals surface area contributed by atoms with Gasteiger partial charge in [0.2, 0.25) is 0 Å². The Morgan fingerprint density at radius 1 is 0.500 bits per heavy atom. The van der Waals surface area contributed by atoms with Crippen molar-refractivity contribution in [3.63, 3.8) is 0 Å². The molecular weight excluding hydrogens is 399 g/mol. The van der Waals surface area contributed by atoms with Gasteiger partial charge in [-0.2, -0.15) is 0 Å². The van der Waals surface area contributed by atoms with E-state index in [0.717, 1.165) is 0 Å². The van der Waals surface area contributed by atoms with Gasteiger partial charge in [-0.25, -0.2) is 0 Å². The van der Waals surface area contributed by atoms with Crippen LogP contribution in [0.5, 0.6) is 0 Å². The standard InChI is InChI=1S/C12H26Te2/c1-13-11-9-7-5-3-4-6-8-10-12-14-2/h3-12H2,1-2H3. The van der Waals surface area contributed by atoms with E-state index in [1.807, 2.05) is 0 Å². The molecule has 14 heavy (non-hydrogen) atoms. The van der Waals surface area contributed by atoms with Gasteiger partial charge in [0.05, 0.1) is 0 Å². The van der Waals surface area contributed by atoms with Gasteiger partial charge in [0.15, 0.2) is 0 Å². The summed E-state index contributed by atoms with van der Waals surface area (Å²) in [6.45, 7) is 0. The molecule has 0 unspecified atom stereocenters. The fourth-order valence-corrected chi connectivity index (χ4v) is 4.37. The van der Waals surface area contributed by atoms with E-state index < -0.39 is 0 Å². The van der Waals surface area contributed by atoms with Crippen LogP contribution in [0.1, 0.15) is 51.4 Å². The molecule has 2 heteroatoms.